The van der Waals surface area contributed by atoms with Gasteiger partial charge in [-0.25, -0.2) is 4.39 Å². The highest BCUT2D eigenvalue weighted by Gasteiger charge is 2.13. The van der Waals surface area contributed by atoms with Crippen LogP contribution in [0.4, 0.5) is 4.39 Å². The van der Waals surface area contributed by atoms with Crippen molar-refractivity contribution in [3.63, 3.8) is 0 Å². The van der Waals surface area contributed by atoms with E-state index in [0.29, 0.717) is 6.54 Å². The number of alkyl halides is 1. The molecule has 0 atom stereocenters. The molecule has 0 saturated carbocycles. The van der Waals surface area contributed by atoms with Crippen LogP contribution in [-0.2, 0) is 6.54 Å². The van der Waals surface area contributed by atoms with E-state index in [-0.39, 0.29) is 6.67 Å². The number of halogens is 1. The van der Waals surface area contributed by atoms with Crippen LogP contribution in [0.2, 0.25) is 0 Å². The zero-order chi connectivity index (χ0) is 14.7. The fourth-order valence-corrected chi connectivity index (χ4v) is 2.63. The van der Waals surface area contributed by atoms with Crippen molar-refractivity contribution in [2.24, 2.45) is 0 Å². The van der Waals surface area contributed by atoms with Gasteiger partial charge >= 0.3 is 0 Å². The van der Waals surface area contributed by atoms with Gasteiger partial charge in [-0.2, -0.15) is 0 Å². The Hall–Kier alpha value is -2.42. The van der Waals surface area contributed by atoms with Crippen LogP contribution >= 0.6 is 0 Å². The third kappa shape index (κ3) is 2.72. The van der Waals surface area contributed by atoms with E-state index in [1.54, 1.807) is 12.4 Å². The maximum atomic E-state index is 12.8. The maximum Gasteiger partial charge on any atom is 0.107 e. The first kappa shape index (κ1) is 13.6. The van der Waals surface area contributed by atoms with E-state index in [1.807, 2.05) is 29.0 Å². The van der Waals surface area contributed by atoms with Crippen molar-refractivity contribution in [3.05, 3.63) is 66.6 Å². The number of nitrogens with zero attached hydrogens (tertiary/aromatic N) is 2. The van der Waals surface area contributed by atoms with Gasteiger partial charge in [0.25, 0.3) is 0 Å². The largest absolute Gasteiger partial charge is 0.344 e. The minimum Gasteiger partial charge on any atom is -0.344 e. The predicted octanol–water partition coefficient (Wildman–Crippen LogP) is 4.50. The summed E-state index contributed by atoms with van der Waals surface area (Å²) >= 11 is 0. The molecule has 2 nitrogen and oxygen atoms in total. The zero-order valence-electron chi connectivity index (χ0n) is 12.0. The van der Waals surface area contributed by atoms with Gasteiger partial charge in [0.2, 0.25) is 0 Å². The van der Waals surface area contributed by atoms with Crippen LogP contribution in [0.5, 0.6) is 0 Å². The molecule has 0 spiro atoms. The Bertz CT molecular complexity index is 732. The van der Waals surface area contributed by atoms with Crippen LogP contribution in [0, 0.1) is 6.92 Å². The summed E-state index contributed by atoms with van der Waals surface area (Å²) in [5.41, 5.74) is 5.59. The summed E-state index contributed by atoms with van der Waals surface area (Å²) in [6, 6.07) is 14.3. The number of aromatic nitrogens is 2. The monoisotopic (exact) mass is 280 g/mol. The topological polar surface area (TPSA) is 17.8 Å². The first-order chi connectivity index (χ1) is 10.3. The minimum absolute atomic E-state index is 0.365. The molecule has 3 rings (SSSR count). The van der Waals surface area contributed by atoms with Crippen molar-refractivity contribution < 1.29 is 4.39 Å². The van der Waals surface area contributed by atoms with Gasteiger partial charge in [0.1, 0.15) is 6.67 Å². The molecule has 0 fully saturated rings. The third-order valence-corrected chi connectivity index (χ3v) is 3.57. The van der Waals surface area contributed by atoms with Crippen molar-refractivity contribution in [1.82, 2.24) is 9.55 Å². The second-order valence-electron chi connectivity index (χ2n) is 5.07. The second kappa shape index (κ2) is 5.92. The zero-order valence-corrected chi connectivity index (χ0v) is 12.0. The minimum atomic E-state index is -0.375. The van der Waals surface area contributed by atoms with Gasteiger partial charge < -0.3 is 4.57 Å². The standard InChI is InChI=1S/C18H17FN2/c1-14-3-2-4-16(13-14)17-7-11-21(12-8-19)18(17)15-5-9-20-10-6-15/h2-7,9-11,13H,8,12H2,1H3. The summed E-state index contributed by atoms with van der Waals surface area (Å²) in [7, 11) is 0. The molecule has 2 heterocycles. The van der Waals surface area contributed by atoms with Crippen molar-refractivity contribution in [2.75, 3.05) is 6.67 Å². The molecular formula is C18H17FN2. The fourth-order valence-electron chi connectivity index (χ4n) is 2.63. The first-order valence-electron chi connectivity index (χ1n) is 7.02. The third-order valence-electron chi connectivity index (χ3n) is 3.57. The van der Waals surface area contributed by atoms with Crippen molar-refractivity contribution >= 4 is 0 Å². The van der Waals surface area contributed by atoms with E-state index in [9.17, 15) is 4.39 Å². The van der Waals surface area contributed by atoms with Gasteiger partial charge in [-0.3, -0.25) is 4.98 Å². The highest BCUT2D eigenvalue weighted by Crippen LogP contribution is 2.33. The van der Waals surface area contributed by atoms with E-state index in [2.05, 4.69) is 36.2 Å². The Kier molecular flexibility index (Phi) is 3.82. The molecule has 0 radical (unpaired) electrons. The molecule has 0 aliphatic rings. The summed E-state index contributed by atoms with van der Waals surface area (Å²) < 4.78 is 14.8. The summed E-state index contributed by atoms with van der Waals surface area (Å²) in [5.74, 6) is 0. The molecule has 1 aromatic carbocycles. The molecular weight excluding hydrogens is 263 g/mol. The molecule has 0 amide bonds. The average molecular weight is 280 g/mol. The van der Waals surface area contributed by atoms with Crippen LogP contribution in [0.25, 0.3) is 22.4 Å². The summed E-state index contributed by atoms with van der Waals surface area (Å²) in [4.78, 5) is 4.06. The van der Waals surface area contributed by atoms with Crippen LogP contribution in [0.3, 0.4) is 0 Å². The Labute approximate surface area is 123 Å². The van der Waals surface area contributed by atoms with Gasteiger partial charge in [-0.05, 0) is 30.7 Å². The van der Waals surface area contributed by atoms with Crippen molar-refractivity contribution in [3.8, 4) is 22.4 Å². The Morgan fingerprint density at radius 1 is 1.05 bits per heavy atom. The Balaban J connectivity index is 2.18. The molecule has 0 unspecified atom stereocenters. The molecule has 0 aliphatic heterocycles. The number of pyridine rings is 1. The van der Waals surface area contributed by atoms with Crippen LogP contribution < -0.4 is 0 Å². The van der Waals surface area contributed by atoms with Gasteiger partial charge in [-0.1, -0.05) is 29.8 Å². The lowest BCUT2D eigenvalue weighted by Crippen LogP contribution is -2.00. The quantitative estimate of drug-likeness (QED) is 0.688. The molecule has 3 heteroatoms. The number of benzene rings is 1. The molecule has 21 heavy (non-hydrogen) atoms. The average Bonchev–Trinajstić information content (AvgIpc) is 2.92. The number of hydrogen-bond donors (Lipinski definition) is 0. The molecule has 0 N–H and O–H groups in total. The maximum absolute atomic E-state index is 12.8. The van der Waals surface area contributed by atoms with Gasteiger partial charge in [0.05, 0.1) is 12.2 Å². The van der Waals surface area contributed by atoms with E-state index >= 15 is 0 Å². The second-order valence-corrected chi connectivity index (χ2v) is 5.07. The smallest absolute Gasteiger partial charge is 0.107 e. The summed E-state index contributed by atoms with van der Waals surface area (Å²) in [6.45, 7) is 2.07. The highest BCUT2D eigenvalue weighted by molar-refractivity contribution is 5.81. The SMILES string of the molecule is Cc1cccc(-c2ccn(CCF)c2-c2ccncc2)c1. The highest BCUT2D eigenvalue weighted by atomic mass is 19.1. The van der Waals surface area contributed by atoms with E-state index in [1.165, 1.54) is 5.56 Å². The number of hydrogen-bond acceptors (Lipinski definition) is 1. The lowest BCUT2D eigenvalue weighted by molar-refractivity contribution is 0.448. The normalized spacial score (nSPS) is 10.8. The van der Waals surface area contributed by atoms with Gasteiger partial charge in [-0.15, -0.1) is 0 Å². The fraction of sp³-hybridized carbons (Fsp3) is 0.167. The van der Waals surface area contributed by atoms with Gasteiger partial charge in [0.15, 0.2) is 0 Å². The molecule has 0 aliphatic carbocycles. The van der Waals surface area contributed by atoms with Crippen molar-refractivity contribution in [1.29, 1.82) is 0 Å². The molecule has 2 aromatic heterocycles. The molecule has 3 aromatic rings. The van der Waals surface area contributed by atoms with E-state index in [4.69, 9.17) is 0 Å². The Morgan fingerprint density at radius 3 is 2.57 bits per heavy atom. The predicted molar refractivity (Wildman–Crippen MR) is 83.8 cm³/mol. The molecule has 0 bridgehead atoms. The summed E-state index contributed by atoms with van der Waals surface area (Å²) in [5, 5.41) is 0. The lowest BCUT2D eigenvalue weighted by atomic mass is 10.0. The Morgan fingerprint density at radius 2 is 1.86 bits per heavy atom. The first-order valence-corrected chi connectivity index (χ1v) is 7.02. The van der Waals surface area contributed by atoms with Gasteiger partial charge in [0, 0.05) is 29.7 Å². The summed E-state index contributed by atoms with van der Waals surface area (Å²) in [6.07, 6.45) is 5.48. The van der Waals surface area contributed by atoms with Crippen LogP contribution in [-0.4, -0.2) is 16.2 Å². The van der Waals surface area contributed by atoms with Crippen LogP contribution in [0.15, 0.2) is 61.1 Å². The number of rotatable bonds is 4. The van der Waals surface area contributed by atoms with Crippen LogP contribution in [0.1, 0.15) is 5.56 Å². The molecule has 0 saturated heterocycles. The van der Waals surface area contributed by atoms with Crippen molar-refractivity contribution in [2.45, 2.75) is 13.5 Å². The number of aryl methyl sites for hydroxylation is 2. The van der Waals surface area contributed by atoms with E-state index < -0.39 is 0 Å². The van der Waals surface area contributed by atoms with E-state index in [0.717, 1.165) is 22.4 Å². The molecule has 106 valence electrons. The lowest BCUT2D eigenvalue weighted by Gasteiger charge is -2.11.